The van der Waals surface area contributed by atoms with Gasteiger partial charge in [0, 0.05) is 24.5 Å². The molecule has 0 radical (unpaired) electrons. The van der Waals surface area contributed by atoms with Gasteiger partial charge in [-0.2, -0.15) is 0 Å². The second-order valence-corrected chi connectivity index (χ2v) is 14.8. The number of alkyl halides is 3. The summed E-state index contributed by atoms with van der Waals surface area (Å²) >= 11 is 18.5. The topological polar surface area (TPSA) is 88.4 Å². The molecule has 1 unspecified atom stereocenters. The number of phenolic OH excluding ortho intramolecular Hbond substituents is 1. The third kappa shape index (κ3) is 5.93. The number of esters is 1. The van der Waals surface area contributed by atoms with E-state index in [1.807, 2.05) is 53.7 Å². The first-order valence-electron chi connectivity index (χ1n) is 11.7. The molecule has 1 saturated heterocycles. The van der Waals surface area contributed by atoms with Crippen LogP contribution in [0.15, 0.2) is 28.1 Å². The fraction of sp³-hybridized carbons (Fsp3) is 0.577. The molecule has 1 aromatic rings. The molecule has 3 atom stereocenters. The number of carbonyl (C=O) groups is 2. The zero-order chi connectivity index (χ0) is 28.1. The van der Waals surface area contributed by atoms with Crippen LogP contribution < -0.4 is 0 Å². The van der Waals surface area contributed by atoms with E-state index in [1.54, 1.807) is 18.5 Å². The van der Waals surface area contributed by atoms with Crippen molar-refractivity contribution < 1.29 is 24.2 Å². The van der Waals surface area contributed by atoms with E-state index in [2.05, 4.69) is 4.99 Å². The Balaban J connectivity index is 1.97. The summed E-state index contributed by atoms with van der Waals surface area (Å²) in [5.41, 5.74) is 0.725. The summed E-state index contributed by atoms with van der Waals surface area (Å²) in [6, 6.07) is 2.76. The van der Waals surface area contributed by atoms with E-state index in [0.29, 0.717) is 5.57 Å². The molecule has 1 amide bonds. The number of benzene rings is 1. The predicted octanol–water partition coefficient (Wildman–Crippen LogP) is 5.85. The van der Waals surface area contributed by atoms with Crippen LogP contribution in [0.2, 0.25) is 0 Å². The van der Waals surface area contributed by atoms with Crippen LogP contribution in [0.3, 0.4) is 0 Å². The summed E-state index contributed by atoms with van der Waals surface area (Å²) in [7, 11) is 1.41. The average molecular weight is 592 g/mol. The van der Waals surface area contributed by atoms with Gasteiger partial charge in [0.1, 0.15) is 17.7 Å². The first-order chi connectivity index (χ1) is 16.8. The van der Waals surface area contributed by atoms with Crippen molar-refractivity contribution in [2.24, 2.45) is 4.99 Å². The molecular weight excluding hydrogens is 559 g/mol. The van der Waals surface area contributed by atoms with Crippen LogP contribution in [0.4, 0.5) is 0 Å². The molecule has 2 heterocycles. The molecule has 0 aliphatic carbocycles. The van der Waals surface area contributed by atoms with Gasteiger partial charge in [0.25, 0.3) is 11.6 Å². The SMILES string of the molecule is CO[C@@]1(N=Cc2cc(C(C)(C)C)c(O)c(C(C)(C)C)c2)C(=O)N2C(C(=O)OCC(Cl)(Cl)Cl)C(C)=CS[C@H]21. The first kappa shape index (κ1) is 30.1. The quantitative estimate of drug-likeness (QED) is 0.200. The number of rotatable bonds is 5. The number of aliphatic imine (C=N–C) groups is 1. The second kappa shape index (κ2) is 10.3. The molecule has 7 nitrogen and oxygen atoms in total. The average Bonchev–Trinajstić information content (AvgIpc) is 2.76. The van der Waals surface area contributed by atoms with Gasteiger partial charge < -0.3 is 19.5 Å². The molecule has 11 heteroatoms. The molecule has 3 rings (SSSR count). The van der Waals surface area contributed by atoms with Crippen molar-refractivity contribution in [2.45, 2.75) is 80.2 Å². The lowest BCUT2D eigenvalue weighted by atomic mass is 9.78. The third-order valence-electron chi connectivity index (χ3n) is 6.29. The number of ether oxygens (including phenoxy) is 2. The lowest BCUT2D eigenvalue weighted by Gasteiger charge is -2.55. The number of carbonyl (C=O) groups excluding carboxylic acids is 2. The smallest absolute Gasteiger partial charge is 0.333 e. The van der Waals surface area contributed by atoms with Crippen molar-refractivity contribution in [3.63, 3.8) is 0 Å². The normalized spacial score (nSPS) is 24.6. The fourth-order valence-corrected chi connectivity index (χ4v) is 5.75. The molecule has 0 spiro atoms. The number of fused-ring (bicyclic) bond motifs is 1. The van der Waals surface area contributed by atoms with Gasteiger partial charge >= 0.3 is 5.97 Å². The molecule has 0 saturated carbocycles. The highest BCUT2D eigenvalue weighted by atomic mass is 35.6. The number of halogens is 3. The Kier molecular flexibility index (Phi) is 8.35. The summed E-state index contributed by atoms with van der Waals surface area (Å²) < 4.78 is 9.07. The number of aromatic hydroxyl groups is 1. The van der Waals surface area contributed by atoms with E-state index >= 15 is 0 Å². The summed E-state index contributed by atoms with van der Waals surface area (Å²) in [5, 5.41) is 12.2. The summed E-state index contributed by atoms with van der Waals surface area (Å²) in [4.78, 5) is 32.3. The second-order valence-electron chi connectivity index (χ2n) is 11.3. The molecule has 204 valence electrons. The standard InChI is InChI=1S/C26H33Cl3N2O5S/c1-14-12-37-22-26(35-8,21(34)31(22)18(14)20(33)36-13-25(27,28)29)30-11-15-9-16(23(2,3)4)19(32)17(10-15)24(5,6)7/h9-12,18,22,32H,13H2,1-8H3/t18?,22-,26-/m0/s1. The number of amides is 1. The molecule has 1 N–H and O–H groups in total. The van der Waals surface area contributed by atoms with Crippen molar-refractivity contribution in [1.82, 2.24) is 4.90 Å². The largest absolute Gasteiger partial charge is 0.507 e. The molecule has 2 aliphatic rings. The number of phenols is 1. The Morgan fingerprint density at radius 2 is 1.70 bits per heavy atom. The summed E-state index contributed by atoms with van der Waals surface area (Å²) in [6.07, 6.45) is 1.59. The summed E-state index contributed by atoms with van der Waals surface area (Å²) in [5.74, 6) is -0.919. The molecule has 1 fully saturated rings. The first-order valence-corrected chi connectivity index (χ1v) is 13.8. The summed E-state index contributed by atoms with van der Waals surface area (Å²) in [6.45, 7) is 13.4. The van der Waals surface area contributed by atoms with Crippen molar-refractivity contribution >= 4 is 64.7 Å². The van der Waals surface area contributed by atoms with E-state index in [0.717, 1.165) is 16.7 Å². The maximum Gasteiger partial charge on any atom is 0.333 e. The maximum atomic E-state index is 13.5. The zero-order valence-electron chi connectivity index (χ0n) is 22.2. The number of nitrogens with zero attached hydrogens (tertiary/aromatic N) is 2. The Labute approximate surface area is 237 Å². The van der Waals surface area contributed by atoms with Crippen LogP contribution in [0.25, 0.3) is 0 Å². The predicted molar refractivity (Wildman–Crippen MR) is 150 cm³/mol. The number of β-lactam (4-membered cyclic amide) rings is 1. The lowest BCUT2D eigenvalue weighted by Crippen LogP contribution is -2.76. The van der Waals surface area contributed by atoms with Crippen molar-refractivity contribution in [2.75, 3.05) is 13.7 Å². The van der Waals surface area contributed by atoms with E-state index in [4.69, 9.17) is 44.3 Å². The number of hydrogen-bond donors (Lipinski definition) is 1. The molecule has 37 heavy (non-hydrogen) atoms. The molecular formula is C26H33Cl3N2O5S. The van der Waals surface area contributed by atoms with Crippen LogP contribution in [-0.4, -0.2) is 62.7 Å². The van der Waals surface area contributed by atoms with Crippen LogP contribution in [0.5, 0.6) is 5.75 Å². The lowest BCUT2D eigenvalue weighted by molar-refractivity contribution is -0.193. The van der Waals surface area contributed by atoms with Gasteiger partial charge in [0.05, 0.1) is 0 Å². The number of hydrogen-bond acceptors (Lipinski definition) is 7. The monoisotopic (exact) mass is 590 g/mol. The van der Waals surface area contributed by atoms with Crippen LogP contribution >= 0.6 is 46.6 Å². The van der Waals surface area contributed by atoms with Crippen molar-refractivity contribution in [3.8, 4) is 5.75 Å². The van der Waals surface area contributed by atoms with Gasteiger partial charge in [-0.1, -0.05) is 76.3 Å². The molecule has 0 aromatic heterocycles. The fourth-order valence-electron chi connectivity index (χ4n) is 4.32. The zero-order valence-corrected chi connectivity index (χ0v) is 25.3. The van der Waals surface area contributed by atoms with E-state index in [-0.39, 0.29) is 16.6 Å². The Morgan fingerprint density at radius 3 is 2.16 bits per heavy atom. The minimum Gasteiger partial charge on any atom is -0.507 e. The van der Waals surface area contributed by atoms with Gasteiger partial charge in [-0.3, -0.25) is 4.79 Å². The van der Waals surface area contributed by atoms with Gasteiger partial charge in [0.15, 0.2) is 6.04 Å². The Bertz CT molecular complexity index is 1120. The van der Waals surface area contributed by atoms with Gasteiger partial charge in [-0.05, 0) is 46.4 Å². The third-order valence-corrected chi connectivity index (χ3v) is 7.93. The van der Waals surface area contributed by atoms with Crippen molar-refractivity contribution in [3.05, 3.63) is 39.8 Å². The van der Waals surface area contributed by atoms with Gasteiger partial charge in [-0.15, -0.1) is 11.8 Å². The Hall–Kier alpha value is -1.45. The van der Waals surface area contributed by atoms with E-state index < -0.39 is 39.4 Å². The van der Waals surface area contributed by atoms with E-state index in [1.165, 1.54) is 23.8 Å². The van der Waals surface area contributed by atoms with E-state index in [9.17, 15) is 14.7 Å². The van der Waals surface area contributed by atoms with Crippen LogP contribution in [0.1, 0.15) is 65.2 Å². The minimum atomic E-state index is -1.77. The van der Waals surface area contributed by atoms with Crippen LogP contribution in [-0.2, 0) is 29.9 Å². The highest BCUT2D eigenvalue weighted by molar-refractivity contribution is 8.03. The maximum absolute atomic E-state index is 13.5. The molecule has 1 aromatic carbocycles. The highest BCUT2D eigenvalue weighted by Gasteiger charge is 2.66. The van der Waals surface area contributed by atoms with Gasteiger partial charge in [-0.25, -0.2) is 9.79 Å². The molecule has 2 aliphatic heterocycles. The van der Waals surface area contributed by atoms with Crippen LogP contribution in [0, 0.1) is 0 Å². The highest BCUT2D eigenvalue weighted by Crippen LogP contribution is 2.48. The van der Waals surface area contributed by atoms with Gasteiger partial charge in [0.2, 0.25) is 3.79 Å². The number of methoxy groups -OCH3 is 1. The number of thioether (sulfide) groups is 1. The Morgan fingerprint density at radius 1 is 1.16 bits per heavy atom. The molecule has 0 bridgehead atoms. The van der Waals surface area contributed by atoms with Crippen molar-refractivity contribution in [1.29, 1.82) is 0 Å². The minimum absolute atomic E-state index is 0.254.